The fourth-order valence-electron chi connectivity index (χ4n) is 4.52. The van der Waals surface area contributed by atoms with Crippen molar-refractivity contribution in [2.45, 2.75) is 26.2 Å². The number of rotatable bonds is 3. The third-order valence-corrected chi connectivity index (χ3v) is 7.34. The van der Waals surface area contributed by atoms with Crippen LogP contribution in [0.15, 0.2) is 18.5 Å². The number of likely N-dealkylation sites (tertiary alicyclic amines) is 1. The molecule has 8 nitrogen and oxygen atoms in total. The maximum Gasteiger partial charge on any atom is 0.323 e. The number of aryl methyl sites for hydroxylation is 1. The quantitative estimate of drug-likeness (QED) is 0.592. The molecule has 1 spiro atoms. The van der Waals surface area contributed by atoms with Gasteiger partial charge in [-0.25, -0.2) is 19.7 Å². The van der Waals surface area contributed by atoms with Crippen LogP contribution in [-0.2, 0) is 4.74 Å². The number of carbonyl (C=O) groups is 1. The van der Waals surface area contributed by atoms with Crippen molar-refractivity contribution in [1.82, 2.24) is 19.9 Å². The van der Waals surface area contributed by atoms with Crippen LogP contribution in [0.25, 0.3) is 21.3 Å². The molecule has 2 fully saturated rings. The predicted molar refractivity (Wildman–Crippen MR) is 120 cm³/mol. The molecule has 2 aliphatic heterocycles. The SMILES string of the molecule is COc1ncc(-c2cc(C)cnc2F)c2sc(NC(=O)N3CCC4(CCOCC4)C3)nc12. The van der Waals surface area contributed by atoms with Gasteiger partial charge < -0.3 is 14.4 Å². The Morgan fingerprint density at radius 2 is 2.06 bits per heavy atom. The average Bonchev–Trinajstić information content (AvgIpc) is 3.40. The van der Waals surface area contributed by atoms with Crippen molar-refractivity contribution in [2.24, 2.45) is 5.41 Å². The van der Waals surface area contributed by atoms with E-state index in [1.54, 1.807) is 12.3 Å². The molecule has 0 radical (unpaired) electrons. The van der Waals surface area contributed by atoms with Crippen LogP contribution in [0.1, 0.15) is 24.8 Å². The van der Waals surface area contributed by atoms with Crippen LogP contribution in [0.4, 0.5) is 14.3 Å². The first kappa shape index (κ1) is 21.0. The van der Waals surface area contributed by atoms with Gasteiger partial charge in [-0.3, -0.25) is 5.32 Å². The number of amides is 2. The summed E-state index contributed by atoms with van der Waals surface area (Å²) in [4.78, 5) is 27.5. The standard InChI is InChI=1S/C22H24FN5O3S/c1-13-9-14(18(23)24-10-13)15-11-25-19(30-2)16-17(15)32-20(26-16)27-21(29)28-6-3-22(12-28)4-7-31-8-5-22/h9-11H,3-8,12H2,1-2H3,(H,26,27,29). The van der Waals surface area contributed by atoms with Crippen LogP contribution in [0, 0.1) is 18.3 Å². The third-order valence-electron chi connectivity index (χ3n) is 6.34. The maximum atomic E-state index is 14.5. The van der Waals surface area contributed by atoms with Gasteiger partial charge in [-0.1, -0.05) is 11.3 Å². The van der Waals surface area contributed by atoms with Crippen LogP contribution in [0.2, 0.25) is 0 Å². The van der Waals surface area contributed by atoms with Crippen molar-refractivity contribution in [2.75, 3.05) is 38.7 Å². The Balaban J connectivity index is 1.44. The molecule has 2 aliphatic rings. The summed E-state index contributed by atoms with van der Waals surface area (Å²) < 4.78 is 26.0. The summed E-state index contributed by atoms with van der Waals surface area (Å²) in [7, 11) is 1.51. The van der Waals surface area contributed by atoms with Crippen molar-refractivity contribution >= 4 is 32.7 Å². The smallest absolute Gasteiger partial charge is 0.323 e. The molecule has 5 rings (SSSR count). The topological polar surface area (TPSA) is 89.5 Å². The first-order chi connectivity index (χ1) is 15.5. The number of carbonyl (C=O) groups excluding carboxylic acids is 1. The fraction of sp³-hybridized carbons (Fsp3) is 0.455. The molecule has 1 N–H and O–H groups in total. The predicted octanol–water partition coefficient (Wildman–Crippen LogP) is 4.24. The number of methoxy groups -OCH3 is 1. The zero-order chi connectivity index (χ0) is 22.3. The van der Waals surface area contributed by atoms with E-state index in [0.29, 0.717) is 38.9 Å². The summed E-state index contributed by atoms with van der Waals surface area (Å²) in [6, 6.07) is 1.55. The second kappa shape index (κ2) is 8.25. The number of aromatic nitrogens is 3. The van der Waals surface area contributed by atoms with Gasteiger partial charge in [-0.2, -0.15) is 4.39 Å². The summed E-state index contributed by atoms with van der Waals surface area (Å²) in [5.41, 5.74) is 2.38. The highest BCUT2D eigenvalue weighted by Crippen LogP contribution is 2.41. The Morgan fingerprint density at radius 3 is 2.84 bits per heavy atom. The van der Waals surface area contributed by atoms with E-state index >= 15 is 0 Å². The van der Waals surface area contributed by atoms with Gasteiger partial charge in [-0.05, 0) is 43.2 Å². The van der Waals surface area contributed by atoms with Crippen LogP contribution in [0.3, 0.4) is 0 Å². The fourth-order valence-corrected chi connectivity index (χ4v) is 5.49. The maximum absolute atomic E-state index is 14.5. The van der Waals surface area contributed by atoms with Gasteiger partial charge in [-0.15, -0.1) is 0 Å². The third kappa shape index (κ3) is 3.77. The van der Waals surface area contributed by atoms with E-state index in [1.807, 2.05) is 11.8 Å². The van der Waals surface area contributed by atoms with E-state index in [9.17, 15) is 9.18 Å². The Labute approximate surface area is 188 Å². The molecule has 0 saturated carbocycles. The number of halogens is 1. The van der Waals surface area contributed by atoms with Gasteiger partial charge in [0.1, 0.15) is 5.52 Å². The molecule has 10 heteroatoms. The minimum atomic E-state index is -0.582. The van der Waals surface area contributed by atoms with Crippen LogP contribution in [0.5, 0.6) is 5.88 Å². The summed E-state index contributed by atoms with van der Waals surface area (Å²) in [5, 5.41) is 3.34. The number of anilines is 1. The number of nitrogens with zero attached hydrogens (tertiary/aromatic N) is 4. The lowest BCUT2D eigenvalue weighted by atomic mass is 9.80. The normalized spacial score (nSPS) is 17.8. The molecule has 2 saturated heterocycles. The molecule has 2 amide bonds. The molecule has 0 atom stereocenters. The van der Waals surface area contributed by atoms with Gasteiger partial charge in [0, 0.05) is 49.8 Å². The molecule has 0 unspecified atom stereocenters. The van der Waals surface area contributed by atoms with Gasteiger partial charge in [0.25, 0.3) is 0 Å². The lowest BCUT2D eigenvalue weighted by Gasteiger charge is -2.33. The van der Waals surface area contributed by atoms with E-state index in [-0.39, 0.29) is 11.4 Å². The van der Waals surface area contributed by atoms with Crippen LogP contribution in [-0.4, -0.2) is 59.3 Å². The highest BCUT2D eigenvalue weighted by molar-refractivity contribution is 7.23. The lowest BCUT2D eigenvalue weighted by molar-refractivity contribution is 0.0211. The molecular weight excluding hydrogens is 433 g/mol. The molecule has 5 heterocycles. The molecule has 3 aromatic heterocycles. The molecule has 0 bridgehead atoms. The number of fused-ring (bicyclic) bond motifs is 1. The number of thiazole rings is 1. The van der Waals surface area contributed by atoms with Crippen molar-refractivity contribution in [3.8, 4) is 17.0 Å². The lowest BCUT2D eigenvalue weighted by Crippen LogP contribution is -2.37. The summed E-state index contributed by atoms with van der Waals surface area (Å²) in [5.74, 6) is -0.259. The van der Waals surface area contributed by atoms with Crippen molar-refractivity contribution in [1.29, 1.82) is 0 Å². The number of hydrogen-bond donors (Lipinski definition) is 1. The van der Waals surface area contributed by atoms with E-state index in [4.69, 9.17) is 9.47 Å². The number of pyridine rings is 2. The summed E-state index contributed by atoms with van der Waals surface area (Å²) >= 11 is 1.27. The minimum absolute atomic E-state index is 0.166. The van der Waals surface area contributed by atoms with Gasteiger partial charge >= 0.3 is 6.03 Å². The van der Waals surface area contributed by atoms with E-state index in [2.05, 4.69) is 20.3 Å². The minimum Gasteiger partial charge on any atom is -0.479 e. The van der Waals surface area contributed by atoms with E-state index < -0.39 is 5.95 Å². The first-order valence-corrected chi connectivity index (χ1v) is 11.4. The highest BCUT2D eigenvalue weighted by Gasteiger charge is 2.41. The van der Waals surface area contributed by atoms with Crippen molar-refractivity contribution in [3.05, 3.63) is 30.0 Å². The second-order valence-corrected chi connectivity index (χ2v) is 9.44. The zero-order valence-electron chi connectivity index (χ0n) is 18.0. The van der Waals surface area contributed by atoms with Gasteiger partial charge in [0.15, 0.2) is 5.13 Å². The molecule has 0 aliphatic carbocycles. The molecule has 32 heavy (non-hydrogen) atoms. The highest BCUT2D eigenvalue weighted by atomic mass is 32.1. The monoisotopic (exact) mass is 457 g/mol. The van der Waals surface area contributed by atoms with Crippen LogP contribution < -0.4 is 10.1 Å². The summed E-state index contributed by atoms with van der Waals surface area (Å²) in [6.07, 6.45) is 6.00. The van der Waals surface area contributed by atoms with Crippen molar-refractivity contribution < 1.29 is 18.7 Å². The number of ether oxygens (including phenoxy) is 2. The largest absolute Gasteiger partial charge is 0.479 e. The second-order valence-electron chi connectivity index (χ2n) is 8.44. The summed E-state index contributed by atoms with van der Waals surface area (Å²) in [6.45, 7) is 4.81. The first-order valence-electron chi connectivity index (χ1n) is 10.6. The number of nitrogens with one attached hydrogen (secondary N) is 1. The Hall–Kier alpha value is -2.85. The van der Waals surface area contributed by atoms with Crippen LogP contribution >= 0.6 is 11.3 Å². The Kier molecular flexibility index (Phi) is 5.42. The van der Waals surface area contributed by atoms with Gasteiger partial charge in [0.2, 0.25) is 11.8 Å². The van der Waals surface area contributed by atoms with E-state index in [0.717, 1.165) is 44.6 Å². The number of hydrogen-bond acceptors (Lipinski definition) is 7. The van der Waals surface area contributed by atoms with Crippen molar-refractivity contribution in [3.63, 3.8) is 0 Å². The molecular formula is C22H24FN5O3S. The van der Waals surface area contributed by atoms with Gasteiger partial charge in [0.05, 0.1) is 11.8 Å². The zero-order valence-corrected chi connectivity index (χ0v) is 18.8. The average molecular weight is 458 g/mol. The molecule has 0 aromatic carbocycles. The molecule has 168 valence electrons. The van der Waals surface area contributed by atoms with E-state index in [1.165, 1.54) is 24.6 Å². The molecule has 3 aromatic rings. The number of urea groups is 1. The Bertz CT molecular complexity index is 1180. The Morgan fingerprint density at radius 1 is 1.25 bits per heavy atom.